The molecule has 9 aromatic rings. The standard InChI is InChI=1S/C55H44N2/c1-55(2)50-25-8-5-21-47(50)54-49(48-31-37-16-11-22-42(37)43-23-13-24-44(43)48)33-41(34-51(54)55)56(40-29-28-35-14-3-4-15-36(35)30-40)38-17-12-18-39(32-38)57-52-26-9-6-19-45(52)46-20-7-10-27-53(46)57/h3-10,12,14-15,17-21,25-34H,11,13,16,22-24H2,1-2H3. The summed E-state index contributed by atoms with van der Waals surface area (Å²) in [4.78, 5) is 2.53. The number of rotatable bonds is 5. The minimum atomic E-state index is -0.156. The summed E-state index contributed by atoms with van der Waals surface area (Å²) < 4.78 is 2.44. The van der Waals surface area contributed by atoms with Gasteiger partial charge in [0, 0.05) is 38.9 Å². The van der Waals surface area contributed by atoms with Crippen molar-refractivity contribution in [2.45, 2.75) is 57.8 Å². The van der Waals surface area contributed by atoms with Crippen molar-refractivity contribution in [3.8, 4) is 27.9 Å². The average Bonchev–Trinajstić information content (AvgIpc) is 4.04. The Balaban J connectivity index is 1.15. The highest BCUT2D eigenvalue weighted by Crippen LogP contribution is 2.56. The van der Waals surface area contributed by atoms with Crippen LogP contribution in [-0.4, -0.2) is 4.57 Å². The molecule has 2 nitrogen and oxygen atoms in total. The van der Waals surface area contributed by atoms with Crippen LogP contribution in [0.4, 0.5) is 17.1 Å². The average molecular weight is 733 g/mol. The van der Waals surface area contributed by atoms with Crippen LogP contribution in [0.3, 0.4) is 0 Å². The van der Waals surface area contributed by atoms with Crippen LogP contribution in [-0.2, 0) is 31.1 Å². The van der Waals surface area contributed by atoms with Crippen LogP contribution < -0.4 is 4.90 Å². The fourth-order valence-corrected chi connectivity index (χ4v) is 11.0. The van der Waals surface area contributed by atoms with Crippen molar-refractivity contribution in [2.75, 3.05) is 4.90 Å². The van der Waals surface area contributed by atoms with E-state index in [0.29, 0.717) is 0 Å². The van der Waals surface area contributed by atoms with Gasteiger partial charge in [-0.3, -0.25) is 0 Å². The predicted octanol–water partition coefficient (Wildman–Crippen LogP) is 14.4. The van der Waals surface area contributed by atoms with E-state index in [9.17, 15) is 0 Å². The lowest BCUT2D eigenvalue weighted by atomic mass is 9.81. The van der Waals surface area contributed by atoms with E-state index in [1.54, 1.807) is 22.3 Å². The topological polar surface area (TPSA) is 8.17 Å². The summed E-state index contributed by atoms with van der Waals surface area (Å²) in [6, 6.07) is 59.4. The third-order valence-electron chi connectivity index (χ3n) is 13.6. The number of aromatic nitrogens is 1. The number of aryl methyl sites for hydroxylation is 1. The first-order chi connectivity index (χ1) is 28.0. The zero-order valence-corrected chi connectivity index (χ0v) is 32.6. The first-order valence-electron chi connectivity index (χ1n) is 20.9. The predicted molar refractivity (Wildman–Crippen MR) is 240 cm³/mol. The second-order valence-electron chi connectivity index (χ2n) is 17.1. The van der Waals surface area contributed by atoms with Gasteiger partial charge in [0.25, 0.3) is 0 Å². The Hall–Kier alpha value is -6.38. The van der Waals surface area contributed by atoms with Gasteiger partial charge in [0.2, 0.25) is 0 Å². The van der Waals surface area contributed by atoms with Gasteiger partial charge in [0.15, 0.2) is 0 Å². The largest absolute Gasteiger partial charge is 0.310 e. The molecule has 0 unspecified atom stereocenters. The molecule has 0 saturated carbocycles. The highest BCUT2D eigenvalue weighted by molar-refractivity contribution is 6.09. The molecule has 3 aliphatic rings. The van der Waals surface area contributed by atoms with Crippen LogP contribution in [0.2, 0.25) is 0 Å². The molecular weight excluding hydrogens is 689 g/mol. The molecule has 1 heterocycles. The third-order valence-corrected chi connectivity index (χ3v) is 13.6. The Kier molecular flexibility index (Phi) is 7.09. The molecule has 3 aliphatic carbocycles. The Morgan fingerprint density at radius 2 is 1.14 bits per heavy atom. The first kappa shape index (κ1) is 32.8. The number of nitrogens with zero attached hydrogens (tertiary/aromatic N) is 2. The van der Waals surface area contributed by atoms with Gasteiger partial charge in [-0.25, -0.2) is 0 Å². The number of hydrogen-bond donors (Lipinski definition) is 0. The summed E-state index contributed by atoms with van der Waals surface area (Å²) in [6.45, 7) is 4.86. The third kappa shape index (κ3) is 4.83. The smallest absolute Gasteiger partial charge is 0.0541 e. The maximum Gasteiger partial charge on any atom is 0.0541 e. The Morgan fingerprint density at radius 1 is 0.456 bits per heavy atom. The summed E-state index contributed by atoms with van der Waals surface area (Å²) in [6.07, 6.45) is 7.34. The second-order valence-corrected chi connectivity index (χ2v) is 17.1. The van der Waals surface area contributed by atoms with Crippen LogP contribution in [0, 0.1) is 0 Å². The van der Waals surface area contributed by atoms with Crippen molar-refractivity contribution in [1.29, 1.82) is 0 Å². The molecule has 0 bridgehead atoms. The fraction of sp³-hybridized carbons (Fsp3) is 0.164. The van der Waals surface area contributed by atoms with Crippen molar-refractivity contribution in [3.63, 3.8) is 0 Å². The lowest BCUT2D eigenvalue weighted by molar-refractivity contribution is 0.660. The number of anilines is 3. The zero-order valence-electron chi connectivity index (χ0n) is 32.6. The number of benzene rings is 8. The molecule has 2 heteroatoms. The summed E-state index contributed by atoms with van der Waals surface area (Å²) in [5, 5.41) is 5.04. The number of fused-ring (bicyclic) bond motifs is 10. The molecule has 12 rings (SSSR count). The second kappa shape index (κ2) is 12.3. The minimum absolute atomic E-state index is 0.156. The summed E-state index contributed by atoms with van der Waals surface area (Å²) in [5.41, 5.74) is 21.9. The van der Waals surface area contributed by atoms with E-state index in [2.05, 4.69) is 181 Å². The van der Waals surface area contributed by atoms with Crippen molar-refractivity contribution < 1.29 is 0 Å². The van der Waals surface area contributed by atoms with Gasteiger partial charge in [-0.2, -0.15) is 0 Å². The highest BCUT2D eigenvalue weighted by Gasteiger charge is 2.39. The van der Waals surface area contributed by atoms with E-state index in [4.69, 9.17) is 0 Å². The van der Waals surface area contributed by atoms with Crippen molar-refractivity contribution >= 4 is 49.6 Å². The fourth-order valence-electron chi connectivity index (χ4n) is 11.0. The molecule has 0 N–H and O–H groups in total. The molecule has 0 fully saturated rings. The maximum atomic E-state index is 2.61. The monoisotopic (exact) mass is 732 g/mol. The van der Waals surface area contributed by atoms with E-state index < -0.39 is 0 Å². The van der Waals surface area contributed by atoms with Crippen molar-refractivity contribution in [1.82, 2.24) is 4.57 Å². The van der Waals surface area contributed by atoms with E-state index in [1.165, 1.54) is 104 Å². The van der Waals surface area contributed by atoms with Gasteiger partial charge in [0.1, 0.15) is 0 Å². The minimum Gasteiger partial charge on any atom is -0.310 e. The van der Waals surface area contributed by atoms with Crippen LogP contribution in [0.25, 0.3) is 60.5 Å². The van der Waals surface area contributed by atoms with E-state index in [0.717, 1.165) is 23.5 Å². The summed E-state index contributed by atoms with van der Waals surface area (Å²) in [5.74, 6) is 0. The zero-order chi connectivity index (χ0) is 37.8. The van der Waals surface area contributed by atoms with E-state index in [1.807, 2.05) is 0 Å². The van der Waals surface area contributed by atoms with Gasteiger partial charge >= 0.3 is 0 Å². The molecule has 8 aromatic carbocycles. The lowest BCUT2D eigenvalue weighted by Crippen LogP contribution is -2.17. The first-order valence-corrected chi connectivity index (χ1v) is 20.9. The molecule has 0 saturated heterocycles. The van der Waals surface area contributed by atoms with Crippen LogP contribution in [0.1, 0.15) is 60.1 Å². The molecule has 57 heavy (non-hydrogen) atoms. The van der Waals surface area contributed by atoms with Gasteiger partial charge in [-0.1, -0.05) is 117 Å². The van der Waals surface area contributed by atoms with Gasteiger partial charge < -0.3 is 9.47 Å². The molecule has 0 amide bonds. The highest BCUT2D eigenvalue weighted by atomic mass is 15.1. The Bertz CT molecular complexity index is 3070. The summed E-state index contributed by atoms with van der Waals surface area (Å²) in [7, 11) is 0. The normalized spacial score (nSPS) is 14.9. The molecule has 1 aromatic heterocycles. The SMILES string of the molecule is CC1(C)c2ccccc2-c2c(-c3cc4c(c5c3CCC5)CCC4)cc(N(c3cccc(-n4c5ccccc5c5ccccc54)c3)c3ccc4ccccc4c3)cc21. The van der Waals surface area contributed by atoms with Crippen LogP contribution >= 0.6 is 0 Å². The van der Waals surface area contributed by atoms with Gasteiger partial charge in [-0.05, 0) is 160 Å². The van der Waals surface area contributed by atoms with E-state index >= 15 is 0 Å². The van der Waals surface area contributed by atoms with E-state index in [-0.39, 0.29) is 5.41 Å². The van der Waals surface area contributed by atoms with Crippen LogP contribution in [0.5, 0.6) is 0 Å². The molecule has 0 aliphatic heterocycles. The number of hydrogen-bond acceptors (Lipinski definition) is 1. The lowest BCUT2D eigenvalue weighted by Gasteiger charge is -2.30. The molecular formula is C55H44N2. The summed E-state index contributed by atoms with van der Waals surface area (Å²) >= 11 is 0. The molecule has 0 spiro atoms. The Morgan fingerprint density at radius 3 is 1.98 bits per heavy atom. The van der Waals surface area contributed by atoms with Gasteiger partial charge in [-0.15, -0.1) is 0 Å². The van der Waals surface area contributed by atoms with Gasteiger partial charge in [0.05, 0.1) is 11.0 Å². The van der Waals surface area contributed by atoms with Crippen LogP contribution in [0.15, 0.2) is 158 Å². The van der Waals surface area contributed by atoms with Crippen molar-refractivity contribution in [2.24, 2.45) is 0 Å². The number of para-hydroxylation sites is 2. The Labute approximate surface area is 334 Å². The molecule has 0 radical (unpaired) electrons. The van der Waals surface area contributed by atoms with Crippen molar-refractivity contribution in [3.05, 3.63) is 191 Å². The molecule has 0 atom stereocenters. The maximum absolute atomic E-state index is 2.61. The quantitative estimate of drug-likeness (QED) is 0.171. The molecule has 274 valence electrons.